The first-order valence-corrected chi connectivity index (χ1v) is 7.32. The van der Waals surface area contributed by atoms with E-state index in [2.05, 4.69) is 63.8 Å². The summed E-state index contributed by atoms with van der Waals surface area (Å²) in [6.45, 7) is 9.24. The summed E-state index contributed by atoms with van der Waals surface area (Å²) in [5.41, 5.74) is 2.45. The number of likely N-dealkylation sites (N-methyl/N-ethyl adjacent to an activating group) is 2. The molecule has 0 aliphatic heterocycles. The van der Waals surface area contributed by atoms with E-state index in [1.807, 2.05) is 12.1 Å². The fourth-order valence-electron chi connectivity index (χ4n) is 2.07. The number of aliphatic hydroxyl groups is 1. The normalized spacial score (nSPS) is 14.1. The summed E-state index contributed by atoms with van der Waals surface area (Å²) in [7, 11) is 6.18. The van der Waals surface area contributed by atoms with E-state index in [1.165, 1.54) is 5.56 Å². The van der Waals surface area contributed by atoms with Gasteiger partial charge >= 0.3 is 0 Å². The molecule has 0 radical (unpaired) electrons. The molecule has 0 aliphatic carbocycles. The summed E-state index contributed by atoms with van der Waals surface area (Å²) in [6.07, 6.45) is -0.420. The second-order valence-electron chi connectivity index (χ2n) is 6.95. The van der Waals surface area contributed by atoms with Crippen molar-refractivity contribution >= 4 is 0 Å². The molecule has 0 bridgehead atoms. The first kappa shape index (κ1) is 17.2. The van der Waals surface area contributed by atoms with Crippen LogP contribution in [-0.2, 0) is 5.41 Å². The van der Waals surface area contributed by atoms with Crippen molar-refractivity contribution < 1.29 is 5.11 Å². The van der Waals surface area contributed by atoms with Crippen LogP contribution in [0.5, 0.6) is 0 Å². The molecule has 0 amide bonds. The molecule has 0 fully saturated rings. The highest BCUT2D eigenvalue weighted by atomic mass is 16.3. The van der Waals surface area contributed by atoms with E-state index in [9.17, 15) is 5.11 Å². The van der Waals surface area contributed by atoms with Crippen molar-refractivity contribution in [2.75, 3.05) is 40.8 Å². The molecule has 114 valence electrons. The van der Waals surface area contributed by atoms with Gasteiger partial charge in [-0.05, 0) is 37.7 Å². The molecule has 1 N–H and O–H groups in total. The topological polar surface area (TPSA) is 26.7 Å². The second-order valence-corrected chi connectivity index (χ2v) is 6.95. The summed E-state index contributed by atoms with van der Waals surface area (Å²) < 4.78 is 0. The molecular formula is C17H30N2O. The van der Waals surface area contributed by atoms with Crippen LogP contribution in [0.25, 0.3) is 0 Å². The molecule has 3 heteroatoms. The molecule has 1 rings (SSSR count). The lowest BCUT2D eigenvalue weighted by Crippen LogP contribution is -2.31. The average molecular weight is 278 g/mol. The Morgan fingerprint density at radius 3 is 2.00 bits per heavy atom. The molecule has 0 spiro atoms. The van der Waals surface area contributed by atoms with E-state index < -0.39 is 6.10 Å². The Balaban J connectivity index is 2.57. The lowest BCUT2D eigenvalue weighted by atomic mass is 9.86. The zero-order chi connectivity index (χ0) is 15.3. The summed E-state index contributed by atoms with van der Waals surface area (Å²) in [5.74, 6) is 0. The van der Waals surface area contributed by atoms with Gasteiger partial charge in [-0.2, -0.15) is 0 Å². The van der Waals surface area contributed by atoms with Gasteiger partial charge in [0.1, 0.15) is 0 Å². The standard InChI is InChI=1S/C17H30N2O/c1-17(2,3)15-9-7-14(8-10-15)16(20)13-19(6)12-11-18(4)5/h7-10,16,20H,11-13H2,1-6H3. The van der Waals surface area contributed by atoms with Crippen LogP contribution in [0.4, 0.5) is 0 Å². The molecule has 0 heterocycles. The van der Waals surface area contributed by atoms with Crippen molar-refractivity contribution in [3.63, 3.8) is 0 Å². The number of nitrogens with zero attached hydrogens (tertiary/aromatic N) is 2. The lowest BCUT2D eigenvalue weighted by molar-refractivity contribution is 0.123. The van der Waals surface area contributed by atoms with Gasteiger partial charge in [0.25, 0.3) is 0 Å². The van der Waals surface area contributed by atoms with Crippen LogP contribution in [0.1, 0.15) is 38.0 Å². The maximum atomic E-state index is 10.3. The predicted octanol–water partition coefficient (Wildman–Crippen LogP) is 2.51. The van der Waals surface area contributed by atoms with E-state index >= 15 is 0 Å². The summed E-state index contributed by atoms with van der Waals surface area (Å²) in [4.78, 5) is 4.32. The fourth-order valence-corrected chi connectivity index (χ4v) is 2.07. The number of benzene rings is 1. The third-order valence-corrected chi connectivity index (χ3v) is 3.58. The van der Waals surface area contributed by atoms with Crippen LogP contribution in [0.3, 0.4) is 0 Å². The van der Waals surface area contributed by atoms with Crippen molar-refractivity contribution in [2.45, 2.75) is 32.3 Å². The molecule has 1 atom stereocenters. The molecule has 1 aromatic carbocycles. The van der Waals surface area contributed by atoms with E-state index in [0.717, 1.165) is 18.7 Å². The first-order chi connectivity index (χ1) is 9.20. The highest BCUT2D eigenvalue weighted by Crippen LogP contribution is 2.24. The minimum Gasteiger partial charge on any atom is -0.387 e. The van der Waals surface area contributed by atoms with Gasteiger partial charge in [0.15, 0.2) is 0 Å². The first-order valence-electron chi connectivity index (χ1n) is 7.32. The van der Waals surface area contributed by atoms with Gasteiger partial charge in [-0.1, -0.05) is 45.0 Å². The Kier molecular flexibility index (Phi) is 6.18. The van der Waals surface area contributed by atoms with E-state index in [4.69, 9.17) is 0 Å². The summed E-state index contributed by atoms with van der Waals surface area (Å²) in [6, 6.07) is 8.34. The van der Waals surface area contributed by atoms with Crippen LogP contribution in [0, 0.1) is 0 Å². The quantitative estimate of drug-likeness (QED) is 0.866. The van der Waals surface area contributed by atoms with Crippen molar-refractivity contribution in [2.24, 2.45) is 0 Å². The maximum absolute atomic E-state index is 10.3. The molecule has 0 aliphatic rings. The smallest absolute Gasteiger partial charge is 0.0916 e. The highest BCUT2D eigenvalue weighted by molar-refractivity contribution is 5.28. The van der Waals surface area contributed by atoms with E-state index in [1.54, 1.807) is 0 Å². The van der Waals surface area contributed by atoms with Crippen LogP contribution < -0.4 is 0 Å². The molecule has 0 aromatic heterocycles. The van der Waals surface area contributed by atoms with E-state index in [-0.39, 0.29) is 5.41 Å². The van der Waals surface area contributed by atoms with Crippen LogP contribution in [0.2, 0.25) is 0 Å². The van der Waals surface area contributed by atoms with Gasteiger partial charge < -0.3 is 14.9 Å². The van der Waals surface area contributed by atoms with Crippen molar-refractivity contribution in [3.05, 3.63) is 35.4 Å². The zero-order valence-corrected chi connectivity index (χ0v) is 13.8. The Bertz CT molecular complexity index is 392. The van der Waals surface area contributed by atoms with Gasteiger partial charge in [0.2, 0.25) is 0 Å². The van der Waals surface area contributed by atoms with Crippen LogP contribution >= 0.6 is 0 Å². The largest absolute Gasteiger partial charge is 0.387 e. The molecule has 3 nitrogen and oxygen atoms in total. The van der Waals surface area contributed by atoms with Gasteiger partial charge in [0.05, 0.1) is 6.10 Å². The summed E-state index contributed by atoms with van der Waals surface area (Å²) in [5, 5.41) is 10.3. The average Bonchev–Trinajstić information content (AvgIpc) is 2.35. The molecule has 20 heavy (non-hydrogen) atoms. The minimum atomic E-state index is -0.420. The monoisotopic (exact) mass is 278 g/mol. The van der Waals surface area contributed by atoms with Gasteiger partial charge in [0, 0.05) is 19.6 Å². The Labute approximate surface area is 124 Å². The molecule has 1 aromatic rings. The van der Waals surface area contributed by atoms with Gasteiger partial charge in [-0.3, -0.25) is 0 Å². The van der Waals surface area contributed by atoms with Crippen molar-refractivity contribution in [3.8, 4) is 0 Å². The predicted molar refractivity (Wildman–Crippen MR) is 86.2 cm³/mol. The van der Waals surface area contributed by atoms with Crippen LogP contribution in [0.15, 0.2) is 24.3 Å². The van der Waals surface area contributed by atoms with E-state index in [0.29, 0.717) is 6.54 Å². The maximum Gasteiger partial charge on any atom is 0.0916 e. The third kappa shape index (κ3) is 5.61. The number of rotatable bonds is 6. The van der Waals surface area contributed by atoms with Crippen molar-refractivity contribution in [1.82, 2.24) is 9.80 Å². The second kappa shape index (κ2) is 7.21. The van der Waals surface area contributed by atoms with Crippen molar-refractivity contribution in [1.29, 1.82) is 0 Å². The van der Waals surface area contributed by atoms with Gasteiger partial charge in [-0.25, -0.2) is 0 Å². The Hall–Kier alpha value is -0.900. The minimum absolute atomic E-state index is 0.159. The Morgan fingerprint density at radius 2 is 1.55 bits per heavy atom. The zero-order valence-electron chi connectivity index (χ0n) is 13.8. The molecule has 1 unspecified atom stereocenters. The summed E-state index contributed by atoms with van der Waals surface area (Å²) >= 11 is 0. The molecule has 0 saturated heterocycles. The van der Waals surface area contributed by atoms with Gasteiger partial charge in [-0.15, -0.1) is 0 Å². The SMILES string of the molecule is CN(C)CCN(C)CC(O)c1ccc(C(C)(C)C)cc1. The highest BCUT2D eigenvalue weighted by Gasteiger charge is 2.15. The molecule has 0 saturated carbocycles. The van der Waals surface area contributed by atoms with Crippen LogP contribution in [-0.4, -0.2) is 55.7 Å². The fraction of sp³-hybridized carbons (Fsp3) is 0.647. The number of hydrogen-bond donors (Lipinski definition) is 1. The lowest BCUT2D eigenvalue weighted by Gasteiger charge is -2.23. The molecular weight excluding hydrogens is 248 g/mol. The number of hydrogen-bond acceptors (Lipinski definition) is 3. The Morgan fingerprint density at radius 1 is 1.00 bits per heavy atom. The third-order valence-electron chi connectivity index (χ3n) is 3.58. The number of aliphatic hydroxyl groups excluding tert-OH is 1.